The van der Waals surface area contributed by atoms with Gasteiger partial charge in [0.1, 0.15) is 5.82 Å². The molecule has 132 valence electrons. The Labute approximate surface area is 155 Å². The topological polar surface area (TPSA) is 54.9 Å². The predicted octanol–water partition coefficient (Wildman–Crippen LogP) is 5.00. The number of amides is 1. The Kier molecular flexibility index (Phi) is 4.34. The average molecular weight is 357 g/mol. The summed E-state index contributed by atoms with van der Waals surface area (Å²) in [7, 11) is 0. The number of anilines is 1. The number of carbonyl (C=O) groups excluding carboxylic acids is 1. The summed E-state index contributed by atoms with van der Waals surface area (Å²) in [5, 5.41) is 3.79. The summed E-state index contributed by atoms with van der Waals surface area (Å²) in [6.07, 6.45) is 5.05. The lowest BCUT2D eigenvalue weighted by atomic mass is 9.96. The molecule has 27 heavy (non-hydrogen) atoms. The molecule has 0 saturated heterocycles. The molecule has 1 amide bonds. The molecule has 0 bridgehead atoms. The second kappa shape index (κ2) is 6.96. The van der Waals surface area contributed by atoms with Crippen LogP contribution in [0.5, 0.6) is 0 Å². The van der Waals surface area contributed by atoms with E-state index in [2.05, 4.69) is 15.3 Å². The van der Waals surface area contributed by atoms with E-state index in [1.54, 1.807) is 18.6 Å². The summed E-state index contributed by atoms with van der Waals surface area (Å²) in [5.41, 5.74) is 4.55. The lowest BCUT2D eigenvalue weighted by Gasteiger charge is -2.13. The highest BCUT2D eigenvalue weighted by molar-refractivity contribution is 6.07. The van der Waals surface area contributed by atoms with Crippen LogP contribution in [0.2, 0.25) is 0 Å². The monoisotopic (exact) mass is 357 g/mol. The Hall–Kier alpha value is -3.60. The van der Waals surface area contributed by atoms with Crippen LogP contribution in [0.4, 0.5) is 10.1 Å². The normalized spacial score (nSPS) is 10.7. The summed E-state index contributed by atoms with van der Waals surface area (Å²) in [4.78, 5) is 21.4. The highest BCUT2D eigenvalue weighted by Crippen LogP contribution is 2.31. The number of hydrogen-bond acceptors (Lipinski definition) is 3. The average Bonchev–Trinajstić information content (AvgIpc) is 2.69. The number of benzene rings is 2. The number of hydrogen-bond donors (Lipinski definition) is 1. The molecular formula is C22H16FN3O. The second-order valence-corrected chi connectivity index (χ2v) is 6.20. The van der Waals surface area contributed by atoms with Crippen LogP contribution < -0.4 is 5.32 Å². The quantitative estimate of drug-likeness (QED) is 0.561. The van der Waals surface area contributed by atoms with Crippen LogP contribution in [0, 0.1) is 12.7 Å². The fraction of sp³-hybridized carbons (Fsp3) is 0.0455. The molecule has 0 radical (unpaired) electrons. The fourth-order valence-electron chi connectivity index (χ4n) is 3.10. The first-order chi connectivity index (χ1) is 13.1. The minimum atomic E-state index is -0.350. The minimum absolute atomic E-state index is 0.285. The Bertz CT molecular complexity index is 1130. The van der Waals surface area contributed by atoms with Gasteiger partial charge in [0.05, 0.1) is 11.1 Å². The van der Waals surface area contributed by atoms with E-state index in [1.807, 2.05) is 37.3 Å². The Morgan fingerprint density at radius 3 is 2.59 bits per heavy atom. The zero-order valence-corrected chi connectivity index (χ0v) is 14.6. The van der Waals surface area contributed by atoms with Crippen LogP contribution in [0.25, 0.3) is 22.0 Å². The highest BCUT2D eigenvalue weighted by atomic mass is 19.1. The van der Waals surface area contributed by atoms with Gasteiger partial charge in [0.15, 0.2) is 0 Å². The highest BCUT2D eigenvalue weighted by Gasteiger charge is 2.15. The van der Waals surface area contributed by atoms with Crippen molar-refractivity contribution in [2.75, 3.05) is 5.32 Å². The third-order valence-electron chi connectivity index (χ3n) is 4.50. The van der Waals surface area contributed by atoms with Gasteiger partial charge in [-0.1, -0.05) is 18.2 Å². The van der Waals surface area contributed by atoms with Crippen LogP contribution in [0.15, 0.2) is 73.2 Å². The molecule has 2 aromatic heterocycles. The summed E-state index contributed by atoms with van der Waals surface area (Å²) >= 11 is 0. The number of halogens is 1. The Balaban J connectivity index is 1.74. The number of carbonyl (C=O) groups is 1. The van der Waals surface area contributed by atoms with Crippen molar-refractivity contribution in [3.05, 3.63) is 90.1 Å². The largest absolute Gasteiger partial charge is 0.322 e. The first kappa shape index (κ1) is 16.8. The lowest BCUT2D eigenvalue weighted by molar-refractivity contribution is 0.102. The summed E-state index contributed by atoms with van der Waals surface area (Å²) in [6.45, 7) is 1.89. The van der Waals surface area contributed by atoms with Gasteiger partial charge in [0.25, 0.3) is 5.91 Å². The molecule has 0 saturated carbocycles. The number of nitrogens with zero attached hydrogens (tertiary/aromatic N) is 2. The molecule has 2 aromatic carbocycles. The van der Waals surface area contributed by atoms with Gasteiger partial charge in [-0.3, -0.25) is 14.8 Å². The van der Waals surface area contributed by atoms with Crippen molar-refractivity contribution in [2.24, 2.45) is 0 Å². The molecule has 0 unspecified atom stereocenters. The molecule has 5 heteroatoms. The van der Waals surface area contributed by atoms with Gasteiger partial charge in [-0.05, 0) is 54.4 Å². The van der Waals surface area contributed by atoms with Crippen molar-refractivity contribution in [1.82, 2.24) is 9.97 Å². The van der Waals surface area contributed by atoms with E-state index in [4.69, 9.17) is 0 Å². The number of pyridine rings is 2. The smallest absolute Gasteiger partial charge is 0.257 e. The van der Waals surface area contributed by atoms with Crippen molar-refractivity contribution in [1.29, 1.82) is 0 Å². The van der Waals surface area contributed by atoms with E-state index < -0.39 is 0 Å². The maximum absolute atomic E-state index is 13.1. The van der Waals surface area contributed by atoms with E-state index in [-0.39, 0.29) is 11.7 Å². The van der Waals surface area contributed by atoms with Gasteiger partial charge >= 0.3 is 0 Å². The summed E-state index contributed by atoms with van der Waals surface area (Å²) in [6, 6.07) is 15.4. The molecule has 1 N–H and O–H groups in total. The van der Waals surface area contributed by atoms with Crippen LogP contribution in [0.3, 0.4) is 0 Å². The summed E-state index contributed by atoms with van der Waals surface area (Å²) in [5.74, 6) is -0.635. The zero-order valence-electron chi connectivity index (χ0n) is 14.6. The van der Waals surface area contributed by atoms with E-state index in [9.17, 15) is 9.18 Å². The summed E-state index contributed by atoms with van der Waals surface area (Å²) < 4.78 is 13.1. The molecule has 2 heterocycles. The minimum Gasteiger partial charge on any atom is -0.322 e. The van der Waals surface area contributed by atoms with E-state index >= 15 is 0 Å². The Morgan fingerprint density at radius 1 is 0.963 bits per heavy atom. The maximum Gasteiger partial charge on any atom is 0.257 e. The number of rotatable bonds is 3. The molecule has 0 fully saturated rings. The maximum atomic E-state index is 13.1. The van der Waals surface area contributed by atoms with Crippen LogP contribution in [-0.2, 0) is 0 Å². The molecule has 4 nitrogen and oxygen atoms in total. The van der Waals surface area contributed by atoms with Crippen molar-refractivity contribution in [3.8, 4) is 11.1 Å². The zero-order chi connectivity index (χ0) is 18.8. The van der Waals surface area contributed by atoms with Crippen molar-refractivity contribution in [3.63, 3.8) is 0 Å². The van der Waals surface area contributed by atoms with E-state index in [1.165, 1.54) is 24.3 Å². The van der Waals surface area contributed by atoms with Gasteiger partial charge in [-0.2, -0.15) is 0 Å². The number of fused-ring (bicyclic) bond motifs is 1. The molecule has 0 spiro atoms. The SMILES string of the molecule is Cc1c(C(=O)Nc2ccc(F)cc2)cncc1-c1cccc2ncccc12. The second-order valence-electron chi connectivity index (χ2n) is 6.20. The lowest BCUT2D eigenvalue weighted by Crippen LogP contribution is -2.14. The van der Waals surface area contributed by atoms with Gasteiger partial charge in [-0.25, -0.2) is 4.39 Å². The van der Waals surface area contributed by atoms with Gasteiger partial charge in [-0.15, -0.1) is 0 Å². The van der Waals surface area contributed by atoms with Gasteiger partial charge < -0.3 is 5.32 Å². The van der Waals surface area contributed by atoms with Crippen molar-refractivity contribution < 1.29 is 9.18 Å². The van der Waals surface area contributed by atoms with Gasteiger partial charge in [0, 0.05) is 35.2 Å². The van der Waals surface area contributed by atoms with Crippen LogP contribution >= 0.6 is 0 Å². The van der Waals surface area contributed by atoms with Crippen LogP contribution in [0.1, 0.15) is 15.9 Å². The first-order valence-electron chi connectivity index (χ1n) is 8.49. The van der Waals surface area contributed by atoms with Gasteiger partial charge in [0.2, 0.25) is 0 Å². The molecule has 0 aliphatic heterocycles. The number of aromatic nitrogens is 2. The standard InChI is InChI=1S/C22H16FN3O/c1-14-19(17-4-2-6-21-18(17)5-3-11-25-21)12-24-13-20(14)22(27)26-16-9-7-15(23)8-10-16/h2-13H,1H3,(H,26,27). The third kappa shape index (κ3) is 3.27. The number of nitrogens with one attached hydrogen (secondary N) is 1. The molecule has 4 aromatic rings. The fourth-order valence-corrected chi connectivity index (χ4v) is 3.10. The van der Waals surface area contributed by atoms with Crippen molar-refractivity contribution >= 4 is 22.5 Å². The Morgan fingerprint density at radius 2 is 1.78 bits per heavy atom. The van der Waals surface area contributed by atoms with Crippen LogP contribution in [-0.4, -0.2) is 15.9 Å². The third-order valence-corrected chi connectivity index (χ3v) is 4.50. The van der Waals surface area contributed by atoms with E-state index in [0.29, 0.717) is 11.3 Å². The molecule has 0 aliphatic carbocycles. The van der Waals surface area contributed by atoms with Crippen molar-refractivity contribution in [2.45, 2.75) is 6.92 Å². The predicted molar refractivity (Wildman–Crippen MR) is 104 cm³/mol. The molecule has 0 atom stereocenters. The molecule has 4 rings (SSSR count). The van der Waals surface area contributed by atoms with E-state index in [0.717, 1.165) is 27.6 Å². The molecule has 0 aliphatic rings. The first-order valence-corrected chi connectivity index (χ1v) is 8.49. The molecular weight excluding hydrogens is 341 g/mol.